The molecule has 0 bridgehead atoms. The van der Waals surface area contributed by atoms with Gasteiger partial charge in [0.2, 0.25) is 5.91 Å². The van der Waals surface area contributed by atoms with Gasteiger partial charge in [-0.05, 0) is 26.0 Å². The number of amides is 1. The van der Waals surface area contributed by atoms with Gasteiger partial charge in [0, 0.05) is 30.5 Å². The van der Waals surface area contributed by atoms with Crippen LogP contribution in [-0.2, 0) is 17.8 Å². The third kappa shape index (κ3) is 3.19. The van der Waals surface area contributed by atoms with Gasteiger partial charge in [-0.2, -0.15) is 0 Å². The molecule has 1 amide bonds. The van der Waals surface area contributed by atoms with Crippen LogP contribution >= 0.6 is 0 Å². The van der Waals surface area contributed by atoms with E-state index in [1.165, 1.54) is 5.56 Å². The summed E-state index contributed by atoms with van der Waals surface area (Å²) in [4.78, 5) is 11.4. The van der Waals surface area contributed by atoms with Crippen molar-refractivity contribution in [2.75, 3.05) is 6.61 Å². The topological polar surface area (TPSA) is 47.6 Å². The SMILES string of the molecule is CCOc1cc2c(cc1CNC(=O)CC)O[C@@H](C)C2. The minimum atomic E-state index is 0.0391. The highest BCUT2D eigenvalue weighted by Gasteiger charge is 2.21. The molecule has 0 radical (unpaired) electrons. The molecule has 0 saturated heterocycles. The van der Waals surface area contributed by atoms with E-state index in [2.05, 4.69) is 12.2 Å². The van der Waals surface area contributed by atoms with Crippen molar-refractivity contribution in [3.8, 4) is 11.5 Å². The Morgan fingerprint density at radius 3 is 2.95 bits per heavy atom. The molecule has 0 saturated carbocycles. The monoisotopic (exact) mass is 263 g/mol. The summed E-state index contributed by atoms with van der Waals surface area (Å²) in [7, 11) is 0. The Morgan fingerprint density at radius 2 is 2.26 bits per heavy atom. The van der Waals surface area contributed by atoms with Crippen molar-refractivity contribution < 1.29 is 14.3 Å². The number of nitrogens with one attached hydrogen (secondary N) is 1. The van der Waals surface area contributed by atoms with Crippen molar-refractivity contribution >= 4 is 5.91 Å². The van der Waals surface area contributed by atoms with Crippen molar-refractivity contribution in [1.82, 2.24) is 5.32 Å². The maximum absolute atomic E-state index is 11.4. The Kier molecular flexibility index (Phi) is 4.30. The lowest BCUT2D eigenvalue weighted by Gasteiger charge is -2.13. The van der Waals surface area contributed by atoms with Crippen molar-refractivity contribution in [2.24, 2.45) is 0 Å². The summed E-state index contributed by atoms with van der Waals surface area (Å²) in [6.07, 6.45) is 1.62. The number of ether oxygens (including phenoxy) is 2. The minimum absolute atomic E-state index is 0.0391. The Bertz CT molecular complexity index is 471. The van der Waals surface area contributed by atoms with E-state index < -0.39 is 0 Å². The van der Waals surface area contributed by atoms with Gasteiger partial charge in [-0.3, -0.25) is 4.79 Å². The molecule has 0 aromatic heterocycles. The van der Waals surface area contributed by atoms with Crippen molar-refractivity contribution in [2.45, 2.75) is 46.3 Å². The summed E-state index contributed by atoms with van der Waals surface area (Å²) < 4.78 is 11.4. The molecule has 104 valence electrons. The molecule has 2 rings (SSSR count). The third-order valence-corrected chi connectivity index (χ3v) is 3.18. The fourth-order valence-corrected chi connectivity index (χ4v) is 2.23. The lowest BCUT2D eigenvalue weighted by molar-refractivity contribution is -0.120. The van der Waals surface area contributed by atoms with Crippen LogP contribution in [0.15, 0.2) is 12.1 Å². The fourth-order valence-electron chi connectivity index (χ4n) is 2.23. The van der Waals surface area contributed by atoms with Crippen molar-refractivity contribution in [3.05, 3.63) is 23.3 Å². The van der Waals surface area contributed by atoms with E-state index in [9.17, 15) is 4.79 Å². The highest BCUT2D eigenvalue weighted by molar-refractivity contribution is 5.75. The van der Waals surface area contributed by atoms with E-state index in [0.29, 0.717) is 19.6 Å². The second-order valence-corrected chi connectivity index (χ2v) is 4.76. The van der Waals surface area contributed by atoms with Crippen LogP contribution in [0.3, 0.4) is 0 Å². The number of hydrogen-bond donors (Lipinski definition) is 1. The van der Waals surface area contributed by atoms with E-state index in [1.54, 1.807) is 0 Å². The predicted molar refractivity (Wildman–Crippen MR) is 73.5 cm³/mol. The van der Waals surface area contributed by atoms with Gasteiger partial charge in [-0.15, -0.1) is 0 Å². The molecule has 0 fully saturated rings. The highest BCUT2D eigenvalue weighted by Crippen LogP contribution is 2.35. The van der Waals surface area contributed by atoms with Crippen LogP contribution in [0.5, 0.6) is 11.5 Å². The zero-order valence-corrected chi connectivity index (χ0v) is 11.8. The summed E-state index contributed by atoms with van der Waals surface area (Å²) >= 11 is 0. The van der Waals surface area contributed by atoms with Crippen molar-refractivity contribution in [1.29, 1.82) is 0 Å². The number of hydrogen-bond acceptors (Lipinski definition) is 3. The van der Waals surface area contributed by atoms with E-state index in [4.69, 9.17) is 9.47 Å². The molecule has 1 aliphatic rings. The third-order valence-electron chi connectivity index (χ3n) is 3.18. The maximum Gasteiger partial charge on any atom is 0.219 e. The summed E-state index contributed by atoms with van der Waals surface area (Å²) in [5, 5.41) is 2.88. The number of carbonyl (C=O) groups is 1. The van der Waals surface area contributed by atoms with Crippen LogP contribution in [0.1, 0.15) is 38.3 Å². The van der Waals surface area contributed by atoms with Crippen LogP contribution < -0.4 is 14.8 Å². The lowest BCUT2D eigenvalue weighted by atomic mass is 10.1. The van der Waals surface area contributed by atoms with Gasteiger partial charge in [0.1, 0.15) is 17.6 Å². The predicted octanol–water partition coefficient (Wildman–Crippen LogP) is 2.43. The van der Waals surface area contributed by atoms with Gasteiger partial charge in [-0.25, -0.2) is 0 Å². The first-order valence-corrected chi connectivity index (χ1v) is 6.86. The molecule has 0 spiro atoms. The smallest absolute Gasteiger partial charge is 0.219 e. The molecule has 19 heavy (non-hydrogen) atoms. The van der Waals surface area contributed by atoms with Gasteiger partial charge in [0.05, 0.1) is 6.61 Å². The summed E-state index contributed by atoms with van der Waals surface area (Å²) in [6.45, 7) is 6.95. The molecular weight excluding hydrogens is 242 g/mol. The number of benzene rings is 1. The van der Waals surface area contributed by atoms with E-state index in [0.717, 1.165) is 23.5 Å². The van der Waals surface area contributed by atoms with Gasteiger partial charge in [0.15, 0.2) is 0 Å². The van der Waals surface area contributed by atoms with E-state index in [-0.39, 0.29) is 12.0 Å². The molecule has 1 aromatic rings. The Labute approximate surface area is 114 Å². The number of rotatable bonds is 5. The fraction of sp³-hybridized carbons (Fsp3) is 0.533. The largest absolute Gasteiger partial charge is 0.494 e. The first-order valence-electron chi connectivity index (χ1n) is 6.86. The van der Waals surface area contributed by atoms with Gasteiger partial charge in [0.25, 0.3) is 0 Å². The molecule has 0 unspecified atom stereocenters. The maximum atomic E-state index is 11.4. The highest BCUT2D eigenvalue weighted by atomic mass is 16.5. The van der Waals surface area contributed by atoms with Gasteiger partial charge in [-0.1, -0.05) is 6.92 Å². The van der Waals surface area contributed by atoms with E-state index >= 15 is 0 Å². The van der Waals surface area contributed by atoms with Gasteiger partial charge < -0.3 is 14.8 Å². The van der Waals surface area contributed by atoms with E-state index in [1.807, 2.05) is 26.0 Å². The van der Waals surface area contributed by atoms with Crippen LogP contribution in [0.2, 0.25) is 0 Å². The average molecular weight is 263 g/mol. The minimum Gasteiger partial charge on any atom is -0.494 e. The number of carbonyl (C=O) groups excluding carboxylic acids is 1. The van der Waals surface area contributed by atoms with Crippen LogP contribution in [0.25, 0.3) is 0 Å². The normalized spacial score (nSPS) is 16.7. The van der Waals surface area contributed by atoms with Gasteiger partial charge >= 0.3 is 0 Å². The molecule has 1 aliphatic heterocycles. The first kappa shape index (κ1) is 13.7. The zero-order valence-electron chi connectivity index (χ0n) is 11.8. The molecule has 1 atom stereocenters. The summed E-state index contributed by atoms with van der Waals surface area (Å²) in [5.41, 5.74) is 2.15. The molecular formula is C15H21NO3. The quantitative estimate of drug-likeness (QED) is 0.887. The molecule has 4 nitrogen and oxygen atoms in total. The van der Waals surface area contributed by atoms with Crippen molar-refractivity contribution in [3.63, 3.8) is 0 Å². The lowest BCUT2D eigenvalue weighted by Crippen LogP contribution is -2.21. The average Bonchev–Trinajstić information content (AvgIpc) is 2.75. The van der Waals surface area contributed by atoms with Crippen LogP contribution in [0.4, 0.5) is 0 Å². The molecule has 1 N–H and O–H groups in total. The zero-order chi connectivity index (χ0) is 13.8. The second-order valence-electron chi connectivity index (χ2n) is 4.76. The van der Waals surface area contributed by atoms with Crippen LogP contribution in [0, 0.1) is 0 Å². The molecule has 1 aromatic carbocycles. The molecule has 1 heterocycles. The standard InChI is InChI=1S/C15H21NO3/c1-4-15(17)16-9-12-8-14-11(6-10(3)19-14)7-13(12)18-5-2/h7-8,10H,4-6,9H2,1-3H3,(H,16,17)/t10-/m0/s1. The van der Waals surface area contributed by atoms with Crippen LogP contribution in [-0.4, -0.2) is 18.6 Å². The second kappa shape index (κ2) is 5.95. The first-order chi connectivity index (χ1) is 9.13. The number of fused-ring (bicyclic) bond motifs is 1. The summed E-state index contributed by atoms with van der Waals surface area (Å²) in [6, 6.07) is 4.02. The Hall–Kier alpha value is -1.71. The molecule has 0 aliphatic carbocycles. The Morgan fingerprint density at radius 1 is 1.47 bits per heavy atom. The summed E-state index contributed by atoms with van der Waals surface area (Å²) in [5.74, 6) is 1.80. The Balaban J connectivity index is 2.20. The molecule has 4 heteroatoms.